The number of nitrogens with zero attached hydrogens (tertiary/aromatic N) is 1. The molecule has 0 aliphatic carbocycles. The molecule has 1 aromatic carbocycles. The lowest BCUT2D eigenvalue weighted by Gasteiger charge is -2.20. The molecule has 1 rings (SSSR count). The van der Waals surface area contributed by atoms with Gasteiger partial charge in [0.1, 0.15) is 11.5 Å². The molecule has 0 aliphatic rings. The number of carbonyl (C=O) groups excluding carboxylic acids is 1. The smallest absolute Gasteiger partial charge is 0.223 e. The maximum atomic E-state index is 11.7. The van der Waals surface area contributed by atoms with Crippen molar-refractivity contribution in [3.8, 4) is 11.5 Å². The zero-order chi connectivity index (χ0) is 14.4. The number of methoxy groups -OCH3 is 2. The fourth-order valence-corrected chi connectivity index (χ4v) is 1.90. The van der Waals surface area contributed by atoms with E-state index in [0.29, 0.717) is 19.5 Å². The van der Waals surface area contributed by atoms with Crippen LogP contribution in [0.4, 0.5) is 0 Å². The number of ether oxygens (including phenoxy) is 2. The minimum absolute atomic E-state index is 0.0177. The Balaban J connectivity index is 2.95. The van der Waals surface area contributed by atoms with Crippen molar-refractivity contribution in [2.45, 2.75) is 19.9 Å². The van der Waals surface area contributed by atoms with Crippen molar-refractivity contribution in [2.24, 2.45) is 5.73 Å². The van der Waals surface area contributed by atoms with Gasteiger partial charge in [-0.2, -0.15) is 0 Å². The molecule has 0 bridgehead atoms. The zero-order valence-electron chi connectivity index (χ0n) is 12.0. The number of rotatable bonds is 6. The maximum absolute atomic E-state index is 11.7. The largest absolute Gasteiger partial charge is 0.496 e. The first-order valence-electron chi connectivity index (χ1n) is 6.19. The minimum Gasteiger partial charge on any atom is -0.496 e. The van der Waals surface area contributed by atoms with Crippen molar-refractivity contribution in [2.75, 3.05) is 27.8 Å². The second-order valence-corrected chi connectivity index (χ2v) is 4.42. The van der Waals surface area contributed by atoms with Crippen LogP contribution in [0.15, 0.2) is 12.1 Å². The molecule has 0 aliphatic heterocycles. The van der Waals surface area contributed by atoms with E-state index >= 15 is 0 Å². The Hall–Kier alpha value is -1.75. The summed E-state index contributed by atoms with van der Waals surface area (Å²) in [5, 5.41) is 0. The van der Waals surface area contributed by atoms with Crippen molar-refractivity contribution in [3.63, 3.8) is 0 Å². The van der Waals surface area contributed by atoms with Crippen LogP contribution in [0.1, 0.15) is 17.5 Å². The average molecular weight is 266 g/mol. The van der Waals surface area contributed by atoms with Gasteiger partial charge in [-0.05, 0) is 24.6 Å². The third-order valence-corrected chi connectivity index (χ3v) is 2.99. The Morgan fingerprint density at radius 2 is 1.89 bits per heavy atom. The third kappa shape index (κ3) is 3.86. The number of hydrogen-bond donors (Lipinski definition) is 1. The van der Waals surface area contributed by atoms with Gasteiger partial charge in [0, 0.05) is 32.1 Å². The third-order valence-electron chi connectivity index (χ3n) is 2.99. The van der Waals surface area contributed by atoms with E-state index in [1.54, 1.807) is 26.2 Å². The van der Waals surface area contributed by atoms with Gasteiger partial charge in [-0.25, -0.2) is 0 Å². The van der Waals surface area contributed by atoms with Crippen LogP contribution < -0.4 is 15.2 Å². The first kappa shape index (κ1) is 15.3. The Morgan fingerprint density at radius 3 is 2.42 bits per heavy atom. The standard InChI is InChI=1S/C14H22N2O3/c1-10-7-13(19-4)11(8-12(10)18-3)9-16(2)14(17)5-6-15/h7-8H,5-6,9,15H2,1-4H3. The first-order chi connectivity index (χ1) is 9.03. The Labute approximate surface area is 114 Å². The number of amides is 1. The van der Waals surface area contributed by atoms with E-state index in [1.165, 1.54) is 0 Å². The summed E-state index contributed by atoms with van der Waals surface area (Å²) in [5.74, 6) is 1.56. The molecule has 2 N–H and O–H groups in total. The van der Waals surface area contributed by atoms with Gasteiger partial charge in [0.15, 0.2) is 0 Å². The predicted octanol–water partition coefficient (Wildman–Crippen LogP) is 1.32. The Bertz CT molecular complexity index is 447. The lowest BCUT2D eigenvalue weighted by molar-refractivity contribution is -0.130. The molecule has 0 saturated carbocycles. The Morgan fingerprint density at radius 1 is 1.26 bits per heavy atom. The minimum atomic E-state index is 0.0177. The molecule has 106 valence electrons. The van der Waals surface area contributed by atoms with E-state index < -0.39 is 0 Å². The van der Waals surface area contributed by atoms with Crippen molar-refractivity contribution < 1.29 is 14.3 Å². The summed E-state index contributed by atoms with van der Waals surface area (Å²) < 4.78 is 10.6. The highest BCUT2D eigenvalue weighted by atomic mass is 16.5. The van der Waals surface area contributed by atoms with E-state index in [1.807, 2.05) is 19.1 Å². The lowest BCUT2D eigenvalue weighted by atomic mass is 10.1. The molecule has 0 unspecified atom stereocenters. The average Bonchev–Trinajstić information content (AvgIpc) is 2.40. The molecule has 0 radical (unpaired) electrons. The zero-order valence-corrected chi connectivity index (χ0v) is 12.0. The van der Waals surface area contributed by atoms with Gasteiger partial charge in [0.05, 0.1) is 14.2 Å². The monoisotopic (exact) mass is 266 g/mol. The number of carbonyl (C=O) groups is 1. The van der Waals surface area contributed by atoms with E-state index in [9.17, 15) is 4.79 Å². The van der Waals surface area contributed by atoms with Gasteiger partial charge in [-0.15, -0.1) is 0 Å². The summed E-state index contributed by atoms with van der Waals surface area (Å²) in [6.07, 6.45) is 0.349. The van der Waals surface area contributed by atoms with Gasteiger partial charge in [-0.3, -0.25) is 4.79 Å². The number of hydrogen-bond acceptors (Lipinski definition) is 4. The highest BCUT2D eigenvalue weighted by molar-refractivity contribution is 5.76. The van der Waals surface area contributed by atoms with Gasteiger partial charge in [0.2, 0.25) is 5.91 Å². The molecule has 5 nitrogen and oxygen atoms in total. The van der Waals surface area contributed by atoms with Crippen LogP contribution in [0, 0.1) is 6.92 Å². The van der Waals surface area contributed by atoms with Crippen LogP contribution in [0.2, 0.25) is 0 Å². The summed E-state index contributed by atoms with van der Waals surface area (Å²) in [6, 6.07) is 3.82. The predicted molar refractivity (Wildman–Crippen MR) is 74.4 cm³/mol. The maximum Gasteiger partial charge on any atom is 0.223 e. The summed E-state index contributed by atoms with van der Waals surface area (Å²) in [5.41, 5.74) is 7.30. The van der Waals surface area contributed by atoms with E-state index in [-0.39, 0.29) is 5.91 Å². The molecule has 0 fully saturated rings. The van der Waals surface area contributed by atoms with Gasteiger partial charge >= 0.3 is 0 Å². The second kappa shape index (κ2) is 6.99. The molecule has 1 aromatic rings. The lowest BCUT2D eigenvalue weighted by Crippen LogP contribution is -2.28. The summed E-state index contributed by atoms with van der Waals surface area (Å²) >= 11 is 0. The molecule has 0 saturated heterocycles. The van der Waals surface area contributed by atoms with Crippen molar-refractivity contribution in [1.29, 1.82) is 0 Å². The number of benzene rings is 1. The molecule has 1 amide bonds. The van der Waals surface area contributed by atoms with E-state index in [2.05, 4.69) is 0 Å². The van der Waals surface area contributed by atoms with Crippen LogP contribution in [0.25, 0.3) is 0 Å². The van der Waals surface area contributed by atoms with Gasteiger partial charge in [-0.1, -0.05) is 0 Å². The Kier molecular flexibility index (Phi) is 5.63. The van der Waals surface area contributed by atoms with Crippen LogP contribution in [0.3, 0.4) is 0 Å². The van der Waals surface area contributed by atoms with Gasteiger partial charge < -0.3 is 20.1 Å². The highest BCUT2D eigenvalue weighted by Crippen LogP contribution is 2.29. The van der Waals surface area contributed by atoms with Crippen LogP contribution in [0.5, 0.6) is 11.5 Å². The van der Waals surface area contributed by atoms with Crippen LogP contribution >= 0.6 is 0 Å². The van der Waals surface area contributed by atoms with Crippen molar-refractivity contribution in [3.05, 3.63) is 23.3 Å². The molecule has 5 heteroatoms. The van der Waals surface area contributed by atoms with E-state index in [0.717, 1.165) is 22.6 Å². The molecular weight excluding hydrogens is 244 g/mol. The van der Waals surface area contributed by atoms with Crippen molar-refractivity contribution >= 4 is 5.91 Å². The summed E-state index contributed by atoms with van der Waals surface area (Å²) in [4.78, 5) is 13.4. The first-order valence-corrected chi connectivity index (χ1v) is 6.19. The fraction of sp³-hybridized carbons (Fsp3) is 0.500. The normalized spacial score (nSPS) is 10.2. The van der Waals surface area contributed by atoms with Crippen molar-refractivity contribution in [1.82, 2.24) is 4.90 Å². The fourth-order valence-electron chi connectivity index (χ4n) is 1.90. The molecule has 0 aromatic heterocycles. The molecule has 0 heterocycles. The number of aryl methyl sites for hydroxylation is 1. The SMILES string of the molecule is COc1cc(CN(C)C(=O)CCN)c(OC)cc1C. The highest BCUT2D eigenvalue weighted by Gasteiger charge is 2.13. The second-order valence-electron chi connectivity index (χ2n) is 4.42. The topological polar surface area (TPSA) is 64.8 Å². The molecule has 0 spiro atoms. The quantitative estimate of drug-likeness (QED) is 0.843. The number of nitrogens with two attached hydrogens (primary N) is 1. The summed E-state index contributed by atoms with van der Waals surface area (Å²) in [6.45, 7) is 2.78. The molecular formula is C14H22N2O3. The van der Waals surface area contributed by atoms with Gasteiger partial charge in [0.25, 0.3) is 0 Å². The van der Waals surface area contributed by atoms with Crippen LogP contribution in [-0.2, 0) is 11.3 Å². The van der Waals surface area contributed by atoms with E-state index in [4.69, 9.17) is 15.2 Å². The van der Waals surface area contributed by atoms with Crippen LogP contribution in [-0.4, -0.2) is 38.6 Å². The molecule has 0 atom stereocenters. The summed E-state index contributed by atoms with van der Waals surface area (Å²) in [7, 11) is 5.00. The molecule has 19 heavy (non-hydrogen) atoms.